The van der Waals surface area contributed by atoms with Gasteiger partial charge in [-0.25, -0.2) is 15.6 Å². The smallest absolute Gasteiger partial charge is 0.256 e. The van der Waals surface area contributed by atoms with Crippen molar-refractivity contribution in [2.45, 2.75) is 0 Å². The van der Waals surface area contributed by atoms with E-state index in [0.717, 1.165) is 5.01 Å². The first-order valence-electron chi connectivity index (χ1n) is 4.30. The molecule has 0 saturated heterocycles. The Bertz CT molecular complexity index is 401. The van der Waals surface area contributed by atoms with Crippen molar-refractivity contribution in [3.8, 4) is 6.07 Å². The van der Waals surface area contributed by atoms with Gasteiger partial charge in [-0.1, -0.05) is 0 Å². The number of amides is 1. The number of hydrazine groups is 1. The van der Waals surface area contributed by atoms with Crippen LogP contribution in [0.3, 0.4) is 0 Å². The Morgan fingerprint density at radius 2 is 2.19 bits per heavy atom. The summed E-state index contributed by atoms with van der Waals surface area (Å²) >= 11 is 0.353. The van der Waals surface area contributed by atoms with Crippen LogP contribution in [-0.4, -0.2) is 17.0 Å². The summed E-state index contributed by atoms with van der Waals surface area (Å²) in [7, 11) is 0. The molecule has 0 aliphatic rings. The maximum Gasteiger partial charge on any atom is 0.256 e. The minimum atomic E-state index is -0.397. The highest BCUT2D eigenvalue weighted by molar-refractivity contribution is 7.91. The van der Waals surface area contributed by atoms with Crippen LogP contribution in [0.5, 0.6) is 0 Å². The molecule has 1 amide bonds. The lowest BCUT2D eigenvalue weighted by molar-refractivity contribution is -0.117. The van der Waals surface area contributed by atoms with Gasteiger partial charge >= 0.3 is 0 Å². The molecule has 0 bridgehead atoms. The van der Waals surface area contributed by atoms with E-state index in [4.69, 9.17) is 15.7 Å². The lowest BCUT2D eigenvalue weighted by Gasteiger charge is -2.16. The van der Waals surface area contributed by atoms with E-state index in [0.29, 0.717) is 23.5 Å². The zero-order chi connectivity index (χ0) is 12.0. The van der Waals surface area contributed by atoms with Crippen LogP contribution in [0.2, 0.25) is 0 Å². The maximum absolute atomic E-state index is 11.4. The molecule has 7 heteroatoms. The highest BCUT2D eigenvalue weighted by Crippen LogP contribution is 2.11. The molecule has 0 spiro atoms. The first-order valence-corrected chi connectivity index (χ1v) is 5.07. The van der Waals surface area contributed by atoms with Gasteiger partial charge in [0.25, 0.3) is 5.91 Å². The summed E-state index contributed by atoms with van der Waals surface area (Å²) in [4.78, 5) is 11.4. The Morgan fingerprint density at radius 1 is 1.56 bits per heavy atom. The summed E-state index contributed by atoms with van der Waals surface area (Å²) < 4.78 is 10.8. The van der Waals surface area contributed by atoms with Gasteiger partial charge in [0.15, 0.2) is 0 Å². The molecule has 16 heavy (non-hydrogen) atoms. The Morgan fingerprint density at radius 3 is 2.69 bits per heavy atom. The number of nitrogens with zero attached hydrogens (tertiary/aromatic N) is 2. The number of benzene rings is 1. The second kappa shape index (κ2) is 6.09. The number of hydrogen-bond donors (Lipinski definition) is 3. The topological polar surface area (TPSA) is 102 Å². The van der Waals surface area contributed by atoms with Crippen molar-refractivity contribution in [2.75, 3.05) is 11.6 Å². The molecule has 0 unspecified atom stereocenters. The average molecular weight is 238 g/mol. The van der Waals surface area contributed by atoms with Crippen molar-refractivity contribution in [2.24, 2.45) is 5.84 Å². The first kappa shape index (κ1) is 12.5. The Labute approximate surface area is 97.0 Å². The van der Waals surface area contributed by atoms with E-state index in [1.165, 1.54) is 0 Å². The molecule has 0 aromatic heterocycles. The summed E-state index contributed by atoms with van der Waals surface area (Å²) in [6, 6.07) is 8.24. The third-order valence-corrected chi connectivity index (χ3v) is 2.10. The number of rotatable bonds is 4. The highest BCUT2D eigenvalue weighted by atomic mass is 32.2. The van der Waals surface area contributed by atoms with E-state index in [9.17, 15) is 4.79 Å². The molecule has 0 heterocycles. The third-order valence-electron chi connectivity index (χ3n) is 1.83. The van der Waals surface area contributed by atoms with Crippen LogP contribution >= 0.6 is 12.2 Å². The van der Waals surface area contributed by atoms with Gasteiger partial charge in [0.05, 0.1) is 36.1 Å². The van der Waals surface area contributed by atoms with E-state index < -0.39 is 5.91 Å². The molecule has 1 aromatic carbocycles. The van der Waals surface area contributed by atoms with Crippen molar-refractivity contribution >= 4 is 23.8 Å². The fourth-order valence-electron chi connectivity index (χ4n) is 1.02. The molecule has 0 saturated carbocycles. The maximum atomic E-state index is 11.4. The molecule has 4 N–H and O–H groups in total. The van der Waals surface area contributed by atoms with Gasteiger partial charge in [-0.15, -0.1) is 0 Å². The number of nitrogens with two attached hydrogens (primary N) is 1. The predicted molar refractivity (Wildman–Crippen MR) is 61.1 cm³/mol. The van der Waals surface area contributed by atoms with Crippen LogP contribution < -0.4 is 15.6 Å². The largest absolute Gasteiger partial charge is 0.317 e. The second-order valence-corrected chi connectivity index (χ2v) is 3.31. The van der Waals surface area contributed by atoms with Gasteiger partial charge in [0.1, 0.15) is 0 Å². The summed E-state index contributed by atoms with van der Waals surface area (Å²) in [6.45, 7) is -0.0856. The van der Waals surface area contributed by atoms with E-state index in [1.807, 2.05) is 6.07 Å². The number of hydrogen-bond acceptors (Lipinski definition) is 6. The zero-order valence-electron chi connectivity index (χ0n) is 8.25. The molecule has 6 nitrogen and oxygen atoms in total. The van der Waals surface area contributed by atoms with Crippen molar-refractivity contribution in [1.82, 2.24) is 4.72 Å². The minimum Gasteiger partial charge on any atom is -0.317 e. The molecule has 1 aromatic rings. The van der Waals surface area contributed by atoms with Gasteiger partial charge in [-0.2, -0.15) is 5.26 Å². The summed E-state index contributed by atoms with van der Waals surface area (Å²) in [5.74, 6) is 5.14. The number of carbonyl (C=O) groups is 1. The van der Waals surface area contributed by atoms with Crippen molar-refractivity contribution in [3.63, 3.8) is 0 Å². The molecular formula is C9H10N4O2S. The summed E-state index contributed by atoms with van der Waals surface area (Å²) in [5.41, 5.74) is 0.974. The van der Waals surface area contributed by atoms with E-state index in [2.05, 4.69) is 4.72 Å². The number of nitrogens with one attached hydrogen (secondary N) is 1. The fourth-order valence-corrected chi connectivity index (χ4v) is 1.21. The van der Waals surface area contributed by atoms with Crippen LogP contribution in [0.4, 0.5) is 5.69 Å². The molecule has 1 rings (SSSR count). The molecule has 0 fully saturated rings. The van der Waals surface area contributed by atoms with Crippen molar-refractivity contribution in [3.05, 3.63) is 29.8 Å². The highest BCUT2D eigenvalue weighted by Gasteiger charge is 2.10. The van der Waals surface area contributed by atoms with Crippen LogP contribution in [0.25, 0.3) is 0 Å². The Hall–Kier alpha value is -1.59. The monoisotopic (exact) mass is 238 g/mol. The SMILES string of the molecule is N#Cc1ccc(N(N)C(=O)CNSO)cc1. The molecule has 0 radical (unpaired) electrons. The first-order chi connectivity index (χ1) is 7.69. The van der Waals surface area contributed by atoms with Crippen LogP contribution in [0.15, 0.2) is 24.3 Å². The summed E-state index contributed by atoms with van der Waals surface area (Å²) in [5, 5.41) is 9.54. The number of nitriles is 1. The lowest BCUT2D eigenvalue weighted by atomic mass is 10.2. The van der Waals surface area contributed by atoms with Crippen LogP contribution in [-0.2, 0) is 4.79 Å². The molecule has 0 aliphatic carbocycles. The van der Waals surface area contributed by atoms with Gasteiger partial charge in [0, 0.05) is 0 Å². The summed E-state index contributed by atoms with van der Waals surface area (Å²) in [6.07, 6.45) is 0. The van der Waals surface area contributed by atoms with E-state index >= 15 is 0 Å². The lowest BCUT2D eigenvalue weighted by Crippen LogP contribution is -2.41. The van der Waals surface area contributed by atoms with Gasteiger partial charge in [-0.05, 0) is 24.3 Å². The molecule has 84 valence electrons. The average Bonchev–Trinajstić information content (AvgIpc) is 2.35. The second-order valence-electron chi connectivity index (χ2n) is 2.83. The standard InChI is InChI=1S/C9H10N4O2S/c10-5-7-1-3-8(4-2-7)13(11)9(14)6-12-16-15/h1-4,12,15H,6,11H2. The third kappa shape index (κ3) is 3.22. The van der Waals surface area contributed by atoms with Crippen LogP contribution in [0.1, 0.15) is 5.56 Å². The number of anilines is 1. The van der Waals surface area contributed by atoms with Crippen molar-refractivity contribution < 1.29 is 9.35 Å². The minimum absolute atomic E-state index is 0.0856. The van der Waals surface area contributed by atoms with Crippen LogP contribution in [0, 0.1) is 11.3 Å². The van der Waals surface area contributed by atoms with Gasteiger partial charge < -0.3 is 4.55 Å². The van der Waals surface area contributed by atoms with Crippen molar-refractivity contribution in [1.29, 1.82) is 5.26 Å². The normalized spacial score (nSPS) is 9.56. The molecule has 0 atom stereocenters. The Kier molecular flexibility index (Phi) is 4.75. The fraction of sp³-hybridized carbons (Fsp3) is 0.111. The quantitative estimate of drug-likeness (QED) is 0.232. The predicted octanol–water partition coefficient (Wildman–Crippen LogP) is 0.476. The van der Waals surface area contributed by atoms with Gasteiger partial charge in [-0.3, -0.25) is 4.79 Å². The zero-order valence-corrected chi connectivity index (χ0v) is 9.07. The molecular weight excluding hydrogens is 228 g/mol. The van der Waals surface area contributed by atoms with E-state index in [-0.39, 0.29) is 6.54 Å². The van der Waals surface area contributed by atoms with Gasteiger partial charge in [0.2, 0.25) is 0 Å². The molecule has 0 aliphatic heterocycles. The van der Waals surface area contributed by atoms with E-state index in [1.54, 1.807) is 24.3 Å². The Balaban J connectivity index is 2.69. The number of carbonyl (C=O) groups excluding carboxylic acids is 1.